The summed E-state index contributed by atoms with van der Waals surface area (Å²) in [7, 11) is 1.33. The molecule has 1 amide bonds. The molecule has 0 aromatic carbocycles. The standard InChI is InChI=1S/C14H14N2O4S/c1-19-14(18)10-4-2-6-16(10)13(17)9-8-21-12(15-9)11-5-3-7-20-11/h3,5,7-8,10H,2,4,6H2,1H3. The predicted molar refractivity (Wildman–Crippen MR) is 75.9 cm³/mol. The summed E-state index contributed by atoms with van der Waals surface area (Å²) in [4.78, 5) is 30.0. The third-order valence-corrected chi connectivity index (χ3v) is 4.30. The van der Waals surface area contributed by atoms with E-state index in [0.717, 1.165) is 6.42 Å². The van der Waals surface area contributed by atoms with Crippen molar-refractivity contribution in [2.75, 3.05) is 13.7 Å². The van der Waals surface area contributed by atoms with Gasteiger partial charge in [-0.05, 0) is 25.0 Å². The minimum atomic E-state index is -0.503. The smallest absolute Gasteiger partial charge is 0.328 e. The summed E-state index contributed by atoms with van der Waals surface area (Å²) in [5.41, 5.74) is 0.335. The molecule has 0 saturated carbocycles. The second-order valence-electron chi connectivity index (χ2n) is 4.69. The number of carbonyl (C=O) groups is 2. The molecule has 1 unspecified atom stereocenters. The van der Waals surface area contributed by atoms with E-state index in [0.29, 0.717) is 29.4 Å². The number of thiazole rings is 1. The van der Waals surface area contributed by atoms with Crippen molar-refractivity contribution in [1.82, 2.24) is 9.88 Å². The average molecular weight is 306 g/mol. The summed E-state index contributed by atoms with van der Waals surface area (Å²) >= 11 is 1.34. The first-order valence-corrected chi connectivity index (χ1v) is 7.47. The average Bonchev–Trinajstić information content (AvgIpc) is 3.25. The van der Waals surface area contributed by atoms with Crippen LogP contribution in [0.1, 0.15) is 23.3 Å². The molecule has 1 aliphatic rings. The number of methoxy groups -OCH3 is 1. The van der Waals surface area contributed by atoms with Gasteiger partial charge in [0.1, 0.15) is 11.7 Å². The van der Waals surface area contributed by atoms with Crippen LogP contribution in [-0.2, 0) is 9.53 Å². The van der Waals surface area contributed by atoms with Gasteiger partial charge in [-0.15, -0.1) is 11.3 Å². The first kappa shape index (κ1) is 13.8. The topological polar surface area (TPSA) is 72.6 Å². The quantitative estimate of drug-likeness (QED) is 0.813. The number of hydrogen-bond acceptors (Lipinski definition) is 6. The zero-order valence-electron chi connectivity index (χ0n) is 11.4. The van der Waals surface area contributed by atoms with E-state index in [1.165, 1.54) is 23.3 Å². The molecule has 7 heteroatoms. The van der Waals surface area contributed by atoms with E-state index < -0.39 is 6.04 Å². The number of furan rings is 1. The van der Waals surface area contributed by atoms with E-state index in [4.69, 9.17) is 9.15 Å². The van der Waals surface area contributed by atoms with Crippen molar-refractivity contribution in [3.8, 4) is 10.8 Å². The largest absolute Gasteiger partial charge is 0.467 e. The molecule has 0 spiro atoms. The maximum atomic E-state index is 12.5. The van der Waals surface area contributed by atoms with Crippen molar-refractivity contribution in [3.63, 3.8) is 0 Å². The van der Waals surface area contributed by atoms with Crippen molar-refractivity contribution >= 4 is 23.2 Å². The molecule has 0 bridgehead atoms. The highest BCUT2D eigenvalue weighted by atomic mass is 32.1. The lowest BCUT2D eigenvalue weighted by molar-refractivity contribution is -0.145. The predicted octanol–water partition coefficient (Wildman–Crippen LogP) is 2.18. The molecule has 1 saturated heterocycles. The molecular formula is C14H14N2O4S. The Morgan fingerprint density at radius 2 is 2.38 bits per heavy atom. The number of hydrogen-bond donors (Lipinski definition) is 0. The maximum absolute atomic E-state index is 12.5. The highest BCUT2D eigenvalue weighted by Gasteiger charge is 2.36. The van der Waals surface area contributed by atoms with Crippen molar-refractivity contribution in [2.45, 2.75) is 18.9 Å². The zero-order chi connectivity index (χ0) is 14.8. The lowest BCUT2D eigenvalue weighted by Crippen LogP contribution is -2.41. The van der Waals surface area contributed by atoms with Gasteiger partial charge in [-0.2, -0.15) is 0 Å². The van der Waals surface area contributed by atoms with E-state index in [1.54, 1.807) is 23.8 Å². The van der Waals surface area contributed by atoms with Crippen LogP contribution in [0.2, 0.25) is 0 Å². The Bertz CT molecular complexity index is 650. The number of carbonyl (C=O) groups excluding carboxylic acids is 2. The van der Waals surface area contributed by atoms with Crippen LogP contribution < -0.4 is 0 Å². The number of nitrogens with zero attached hydrogens (tertiary/aromatic N) is 2. The summed E-state index contributed by atoms with van der Waals surface area (Å²) in [6, 6.07) is 3.06. The monoisotopic (exact) mass is 306 g/mol. The van der Waals surface area contributed by atoms with E-state index >= 15 is 0 Å². The summed E-state index contributed by atoms with van der Waals surface area (Å²) in [5, 5.41) is 2.34. The minimum absolute atomic E-state index is 0.239. The Balaban J connectivity index is 1.80. The lowest BCUT2D eigenvalue weighted by atomic mass is 10.2. The third kappa shape index (κ3) is 2.56. The van der Waals surface area contributed by atoms with Gasteiger partial charge in [-0.25, -0.2) is 9.78 Å². The van der Waals surface area contributed by atoms with E-state index in [9.17, 15) is 9.59 Å². The first-order chi connectivity index (χ1) is 10.2. The molecule has 2 aromatic heterocycles. The summed E-state index contributed by atoms with van der Waals surface area (Å²) in [5.74, 6) is 0.0179. The fraction of sp³-hybridized carbons (Fsp3) is 0.357. The number of ether oxygens (including phenoxy) is 1. The van der Waals surface area contributed by atoms with Crippen LogP contribution >= 0.6 is 11.3 Å². The van der Waals surface area contributed by atoms with E-state index in [2.05, 4.69) is 4.98 Å². The van der Waals surface area contributed by atoms with Gasteiger partial charge in [-0.1, -0.05) is 0 Å². The Kier molecular flexibility index (Phi) is 3.74. The molecule has 1 atom stereocenters. The minimum Gasteiger partial charge on any atom is -0.467 e. The van der Waals surface area contributed by atoms with Crippen LogP contribution in [0.15, 0.2) is 28.2 Å². The van der Waals surface area contributed by atoms with Gasteiger partial charge in [0.15, 0.2) is 10.8 Å². The SMILES string of the molecule is COC(=O)C1CCCN1C(=O)c1csc(-c2ccco2)n1. The fourth-order valence-corrected chi connectivity index (χ4v) is 3.18. The van der Waals surface area contributed by atoms with Gasteiger partial charge < -0.3 is 14.1 Å². The number of esters is 1. The molecule has 0 aliphatic carbocycles. The Labute approximate surface area is 125 Å². The van der Waals surface area contributed by atoms with Crippen molar-refractivity contribution < 1.29 is 18.7 Å². The number of rotatable bonds is 3. The van der Waals surface area contributed by atoms with Gasteiger partial charge in [-0.3, -0.25) is 4.79 Å². The molecule has 6 nitrogen and oxygen atoms in total. The second kappa shape index (κ2) is 5.69. The number of aromatic nitrogens is 1. The third-order valence-electron chi connectivity index (χ3n) is 3.44. The normalized spacial score (nSPS) is 18.0. The van der Waals surface area contributed by atoms with Gasteiger partial charge >= 0.3 is 5.97 Å². The van der Waals surface area contributed by atoms with Gasteiger partial charge in [0.05, 0.1) is 13.4 Å². The first-order valence-electron chi connectivity index (χ1n) is 6.59. The lowest BCUT2D eigenvalue weighted by Gasteiger charge is -2.21. The Hall–Kier alpha value is -2.15. The van der Waals surface area contributed by atoms with E-state index in [-0.39, 0.29) is 11.9 Å². The molecule has 0 N–H and O–H groups in total. The maximum Gasteiger partial charge on any atom is 0.328 e. The Morgan fingerprint density at radius 1 is 1.52 bits per heavy atom. The molecule has 3 heterocycles. The van der Waals surface area contributed by atoms with Gasteiger partial charge in [0, 0.05) is 11.9 Å². The van der Waals surface area contributed by atoms with Crippen molar-refractivity contribution in [2.24, 2.45) is 0 Å². The van der Waals surface area contributed by atoms with Crippen LogP contribution in [0.25, 0.3) is 10.8 Å². The molecule has 2 aromatic rings. The molecule has 21 heavy (non-hydrogen) atoms. The van der Waals surface area contributed by atoms with Crippen LogP contribution in [0.4, 0.5) is 0 Å². The highest BCUT2D eigenvalue weighted by molar-refractivity contribution is 7.13. The van der Waals surface area contributed by atoms with Crippen LogP contribution in [0.5, 0.6) is 0 Å². The highest BCUT2D eigenvalue weighted by Crippen LogP contribution is 2.26. The second-order valence-corrected chi connectivity index (χ2v) is 5.55. The number of amides is 1. The molecule has 0 radical (unpaired) electrons. The van der Waals surface area contributed by atoms with Gasteiger partial charge in [0.2, 0.25) is 0 Å². The van der Waals surface area contributed by atoms with Crippen molar-refractivity contribution in [1.29, 1.82) is 0 Å². The Morgan fingerprint density at radius 3 is 3.10 bits per heavy atom. The molecule has 1 aliphatic heterocycles. The van der Waals surface area contributed by atoms with Gasteiger partial charge in [0.25, 0.3) is 5.91 Å². The van der Waals surface area contributed by atoms with Crippen LogP contribution in [-0.4, -0.2) is 41.5 Å². The summed E-state index contributed by atoms with van der Waals surface area (Å²) < 4.78 is 10.0. The zero-order valence-corrected chi connectivity index (χ0v) is 12.3. The summed E-state index contributed by atoms with van der Waals surface area (Å²) in [6.45, 7) is 0.548. The molecule has 110 valence electrons. The van der Waals surface area contributed by atoms with Crippen LogP contribution in [0.3, 0.4) is 0 Å². The van der Waals surface area contributed by atoms with Crippen molar-refractivity contribution in [3.05, 3.63) is 29.5 Å². The van der Waals surface area contributed by atoms with E-state index in [1.807, 2.05) is 0 Å². The fourth-order valence-electron chi connectivity index (χ4n) is 2.42. The molecular weight excluding hydrogens is 292 g/mol. The summed E-state index contributed by atoms with van der Waals surface area (Å²) in [6.07, 6.45) is 2.99. The van der Waals surface area contributed by atoms with Crippen LogP contribution in [0, 0.1) is 0 Å². The molecule has 1 fully saturated rings. The number of likely N-dealkylation sites (tertiary alicyclic amines) is 1. The molecule has 3 rings (SSSR count).